The summed E-state index contributed by atoms with van der Waals surface area (Å²) >= 11 is 1.83. The third-order valence-electron chi connectivity index (χ3n) is 11.0. The van der Waals surface area contributed by atoms with Gasteiger partial charge in [0.1, 0.15) is 0 Å². The zero-order valence-corrected chi connectivity index (χ0v) is 40.8. The molecule has 9 aromatic rings. The van der Waals surface area contributed by atoms with Crippen molar-refractivity contribution in [2.75, 3.05) is 0 Å². The molecule has 3 nitrogen and oxygen atoms in total. The Morgan fingerprint density at radius 1 is 0.705 bits per heavy atom. The Morgan fingerprint density at radius 3 is 2.05 bits per heavy atom. The SMILES string of the molecule is CC(C)c1cc(-c2ccccc2)cc(C(C)C)c1-n1c(-c2[c-]ccc3c2sc2ccccc23)nc2ccccc21.[2H]C([2H])(c1cc(-c2[c-]cccc2)ncc1[Si](C)(C)C)C(C)C.[Ir]. The molecule has 0 saturated carbocycles. The summed E-state index contributed by atoms with van der Waals surface area (Å²) in [6.45, 7) is 19.8. The normalized spacial score (nSPS) is 12.5. The summed E-state index contributed by atoms with van der Waals surface area (Å²) in [5, 5.41) is 3.66. The molecule has 1 radical (unpaired) electrons. The van der Waals surface area contributed by atoms with Gasteiger partial charge in [0.2, 0.25) is 0 Å². The van der Waals surface area contributed by atoms with E-state index in [0.29, 0.717) is 11.8 Å². The molecule has 0 bridgehead atoms. The van der Waals surface area contributed by atoms with Crippen LogP contribution in [-0.4, -0.2) is 22.6 Å². The van der Waals surface area contributed by atoms with Crippen molar-refractivity contribution >= 4 is 55.8 Å². The molecule has 0 N–H and O–H groups in total. The Bertz CT molecular complexity index is 2990. The van der Waals surface area contributed by atoms with Gasteiger partial charge in [-0.3, -0.25) is 4.98 Å². The van der Waals surface area contributed by atoms with Crippen LogP contribution in [0.2, 0.25) is 19.6 Å². The molecule has 0 saturated heterocycles. The Morgan fingerprint density at radius 2 is 1.38 bits per heavy atom. The maximum absolute atomic E-state index is 8.55. The predicted molar refractivity (Wildman–Crippen MR) is 262 cm³/mol. The van der Waals surface area contributed by atoms with Crippen LogP contribution in [0.25, 0.3) is 70.7 Å². The first-order valence-corrected chi connectivity index (χ1v) is 25.5. The van der Waals surface area contributed by atoms with Gasteiger partial charge in [0.15, 0.2) is 0 Å². The maximum Gasteiger partial charge on any atom is 0.0798 e. The van der Waals surface area contributed by atoms with E-state index in [0.717, 1.165) is 44.4 Å². The molecule has 3 heterocycles. The van der Waals surface area contributed by atoms with Gasteiger partial charge in [-0.25, -0.2) is 0 Å². The van der Waals surface area contributed by atoms with Crippen molar-refractivity contribution in [2.24, 2.45) is 5.92 Å². The van der Waals surface area contributed by atoms with Gasteiger partial charge in [0.25, 0.3) is 0 Å². The summed E-state index contributed by atoms with van der Waals surface area (Å²) in [6.07, 6.45) is 0.528. The third-order valence-corrected chi connectivity index (χ3v) is 14.2. The van der Waals surface area contributed by atoms with E-state index in [9.17, 15) is 0 Å². The summed E-state index contributed by atoms with van der Waals surface area (Å²) < 4.78 is 22.1. The van der Waals surface area contributed by atoms with E-state index in [1.165, 1.54) is 48.1 Å². The molecule has 3 aromatic heterocycles. The van der Waals surface area contributed by atoms with Crippen LogP contribution in [0.15, 0.2) is 140 Å². The molecule has 6 heteroatoms. The van der Waals surface area contributed by atoms with Gasteiger partial charge in [-0.2, -0.15) is 11.3 Å². The standard InChI is InChI=1S/C37H31N2S.C18H24NSi.Ir/c1-23(2)30-21-26(25-13-6-5-7-14-25)22-31(24(3)4)35(30)39-33-19-10-9-18-32(33)38-37(39)29-17-12-16-28-27-15-8-11-20-34(27)40-36(28)29;1-14(2)11-16-12-17(15-9-7-6-8-10-15)19-13-18(16)20(3,4)5;/h5-16,18-24H,1-4H3;6-9,12-14H,11H2,1-5H3;/q2*-1;/i;11D2;. The molecule has 9 rings (SSSR count). The first-order valence-electron chi connectivity index (χ1n) is 22.2. The number of thiophene rings is 1. The summed E-state index contributed by atoms with van der Waals surface area (Å²) in [5.74, 6) is 1.52. The molecular weight excluding hydrogens is 955 g/mol. The zero-order chi connectivity index (χ0) is 43.9. The Balaban J connectivity index is 0.000000221. The Labute approximate surface area is 384 Å². The van der Waals surface area contributed by atoms with E-state index in [1.54, 1.807) is 0 Å². The van der Waals surface area contributed by atoms with Crippen LogP contribution in [0.5, 0.6) is 0 Å². The van der Waals surface area contributed by atoms with E-state index < -0.39 is 14.4 Å². The monoisotopic (exact) mass is 1010 g/mol. The summed E-state index contributed by atoms with van der Waals surface area (Å²) in [6, 6.07) is 53.4. The van der Waals surface area contributed by atoms with Gasteiger partial charge in [0.05, 0.1) is 24.9 Å². The molecule has 0 amide bonds. The molecule has 0 atom stereocenters. The zero-order valence-electron chi connectivity index (χ0n) is 38.6. The maximum atomic E-state index is 8.55. The summed E-state index contributed by atoms with van der Waals surface area (Å²) in [7, 11) is -1.67. The second kappa shape index (κ2) is 18.6. The molecular formula is C55H55IrN3SSi-2. The fourth-order valence-corrected chi connectivity index (χ4v) is 10.7. The van der Waals surface area contributed by atoms with Gasteiger partial charge in [-0.15, -0.1) is 54.1 Å². The van der Waals surface area contributed by atoms with Gasteiger partial charge in [0, 0.05) is 39.4 Å². The van der Waals surface area contributed by atoms with Crippen molar-refractivity contribution in [2.45, 2.75) is 79.4 Å². The van der Waals surface area contributed by atoms with Crippen LogP contribution in [0.3, 0.4) is 0 Å². The van der Waals surface area contributed by atoms with Crippen molar-refractivity contribution in [1.82, 2.24) is 14.5 Å². The average Bonchev–Trinajstić information content (AvgIpc) is 3.85. The minimum absolute atomic E-state index is 0. The van der Waals surface area contributed by atoms with E-state index in [1.807, 2.05) is 61.7 Å². The minimum Gasteiger partial charge on any atom is -0.333 e. The van der Waals surface area contributed by atoms with Crippen molar-refractivity contribution < 1.29 is 22.8 Å². The number of hydrogen-bond donors (Lipinski definition) is 0. The van der Waals surface area contributed by atoms with Crippen molar-refractivity contribution in [3.63, 3.8) is 0 Å². The van der Waals surface area contributed by atoms with Gasteiger partial charge in [-0.05, 0) is 97.7 Å². The average molecular weight is 1010 g/mol. The van der Waals surface area contributed by atoms with Gasteiger partial charge in [-0.1, -0.05) is 144 Å². The number of hydrogen-bond acceptors (Lipinski definition) is 3. The van der Waals surface area contributed by atoms with Crippen molar-refractivity contribution in [1.29, 1.82) is 0 Å². The number of pyridine rings is 1. The number of nitrogens with zero attached hydrogens (tertiary/aromatic N) is 3. The van der Waals surface area contributed by atoms with Crippen LogP contribution in [0.4, 0.5) is 0 Å². The minimum atomic E-state index is -1.67. The molecule has 0 aliphatic heterocycles. The van der Waals surface area contributed by atoms with E-state index in [4.69, 9.17) is 7.73 Å². The number of rotatable bonds is 9. The molecule has 0 unspecified atom stereocenters. The largest absolute Gasteiger partial charge is 0.333 e. The third kappa shape index (κ3) is 9.15. The molecule has 0 fully saturated rings. The quantitative estimate of drug-likeness (QED) is 0.107. The molecule has 311 valence electrons. The fourth-order valence-electron chi connectivity index (χ4n) is 8.08. The van der Waals surface area contributed by atoms with Crippen molar-refractivity contribution in [3.05, 3.63) is 168 Å². The molecule has 0 spiro atoms. The van der Waals surface area contributed by atoms with Gasteiger partial charge < -0.3 is 9.55 Å². The summed E-state index contributed by atoms with van der Waals surface area (Å²) in [5.41, 5.74) is 12.1. The fraction of sp³-hybridized carbons (Fsp3) is 0.236. The van der Waals surface area contributed by atoms with E-state index in [2.05, 4.69) is 172 Å². The van der Waals surface area contributed by atoms with Crippen LogP contribution >= 0.6 is 11.3 Å². The first kappa shape index (κ1) is 41.4. The van der Waals surface area contributed by atoms with Crippen LogP contribution in [0, 0.1) is 18.1 Å². The smallest absolute Gasteiger partial charge is 0.0798 e. The number of aromatic nitrogens is 3. The van der Waals surface area contributed by atoms with Crippen LogP contribution in [-0.2, 0) is 26.5 Å². The number of fused-ring (bicyclic) bond motifs is 4. The van der Waals surface area contributed by atoms with Crippen LogP contribution < -0.4 is 5.19 Å². The van der Waals surface area contributed by atoms with Crippen molar-refractivity contribution in [3.8, 4) is 39.5 Å². The predicted octanol–water partition coefficient (Wildman–Crippen LogP) is 15.1. The van der Waals surface area contributed by atoms with Crippen LogP contribution in [0.1, 0.15) is 72.8 Å². The topological polar surface area (TPSA) is 30.7 Å². The van der Waals surface area contributed by atoms with Gasteiger partial charge >= 0.3 is 0 Å². The Hall–Kier alpha value is -4.97. The number of imidazole rings is 1. The summed E-state index contributed by atoms with van der Waals surface area (Å²) in [4.78, 5) is 9.89. The number of para-hydroxylation sites is 2. The molecule has 0 aliphatic carbocycles. The Kier molecular flexibility index (Phi) is 12.6. The molecule has 0 aliphatic rings. The second-order valence-corrected chi connectivity index (χ2v) is 23.7. The molecule has 6 aromatic carbocycles. The van der Waals surface area contributed by atoms with E-state index >= 15 is 0 Å². The van der Waals surface area contributed by atoms with E-state index in [-0.39, 0.29) is 26.0 Å². The first-order chi connectivity index (χ1) is 29.6. The number of benzene rings is 6. The molecule has 61 heavy (non-hydrogen) atoms. The second-order valence-electron chi connectivity index (χ2n) is 17.6.